The van der Waals surface area contributed by atoms with Gasteiger partial charge in [0.05, 0.1) is 11.0 Å². The van der Waals surface area contributed by atoms with E-state index < -0.39 is 27.3 Å². The summed E-state index contributed by atoms with van der Waals surface area (Å²) in [5.41, 5.74) is -0.574. The van der Waals surface area contributed by atoms with E-state index in [1.165, 1.54) is 10.4 Å². The number of nitrogens with zero attached hydrogens (tertiary/aromatic N) is 1. The summed E-state index contributed by atoms with van der Waals surface area (Å²) in [5, 5.41) is 18.7. The minimum absolute atomic E-state index is 0.0555. The van der Waals surface area contributed by atoms with Crippen molar-refractivity contribution >= 4 is 16.0 Å². The lowest BCUT2D eigenvalue weighted by atomic mass is 9.77. The molecule has 1 aromatic carbocycles. The lowest BCUT2D eigenvalue weighted by molar-refractivity contribution is -0.0184. The second-order valence-corrected chi connectivity index (χ2v) is 8.84. The molecule has 0 aromatic heterocycles. The van der Waals surface area contributed by atoms with Crippen LogP contribution in [0.1, 0.15) is 42.5 Å². The Bertz CT molecular complexity index is 777. The fourth-order valence-electron chi connectivity index (χ4n) is 4.26. The van der Waals surface area contributed by atoms with Crippen molar-refractivity contribution in [2.45, 2.75) is 43.1 Å². The van der Waals surface area contributed by atoms with E-state index in [1.807, 2.05) is 0 Å². The molecule has 1 saturated carbocycles. The summed E-state index contributed by atoms with van der Waals surface area (Å²) in [6.07, 6.45) is 4.64. The number of aromatic hydroxyl groups is 1. The van der Waals surface area contributed by atoms with E-state index in [-0.39, 0.29) is 16.4 Å². The molecule has 2 fully saturated rings. The number of benzene rings is 1. The Balaban J connectivity index is 1.92. The largest absolute Gasteiger partial charge is 0.507 e. The summed E-state index contributed by atoms with van der Waals surface area (Å²) in [7, 11) is -2.16. The van der Waals surface area contributed by atoms with Crippen LogP contribution in [0.15, 0.2) is 23.1 Å². The number of methoxy groups -OCH3 is 1. The maximum absolute atomic E-state index is 13.0. The molecule has 25 heavy (non-hydrogen) atoms. The standard InChI is InChI=1S/C17H23NO6S/c1-24-15-4-2-7-17(15)8-3-9-18(11-17)25(22,23)12-5-6-14(19)13(10-12)16(20)21/h5-6,10,15,19H,2-4,7-9,11H2,1H3,(H,20,21)/t15?,17-/m1/s1. The van der Waals surface area contributed by atoms with Gasteiger partial charge in [-0.25, -0.2) is 13.2 Å². The summed E-state index contributed by atoms with van der Waals surface area (Å²) < 4.78 is 33.1. The van der Waals surface area contributed by atoms with Gasteiger partial charge >= 0.3 is 5.97 Å². The summed E-state index contributed by atoms with van der Waals surface area (Å²) in [6, 6.07) is 3.39. The lowest BCUT2D eigenvalue weighted by Crippen LogP contribution is -2.49. The highest BCUT2D eigenvalue weighted by Crippen LogP contribution is 2.47. The lowest BCUT2D eigenvalue weighted by Gasteiger charge is -2.43. The van der Waals surface area contributed by atoms with Crippen molar-refractivity contribution in [3.63, 3.8) is 0 Å². The van der Waals surface area contributed by atoms with Gasteiger partial charge in [-0.2, -0.15) is 4.31 Å². The highest BCUT2D eigenvalue weighted by Gasteiger charge is 2.48. The van der Waals surface area contributed by atoms with Crippen molar-refractivity contribution in [1.82, 2.24) is 4.31 Å². The molecule has 7 nitrogen and oxygen atoms in total. The molecule has 1 spiro atoms. The molecule has 0 amide bonds. The normalized spacial score (nSPS) is 27.6. The SMILES string of the molecule is COC1CCC[C@]12CCCN(S(=O)(=O)c1ccc(O)c(C(=O)O)c1)C2. The Labute approximate surface area is 147 Å². The minimum Gasteiger partial charge on any atom is -0.507 e. The van der Waals surface area contributed by atoms with Crippen LogP contribution in [0.5, 0.6) is 5.75 Å². The van der Waals surface area contributed by atoms with Gasteiger partial charge < -0.3 is 14.9 Å². The fourth-order valence-corrected chi connectivity index (χ4v) is 5.86. The second-order valence-electron chi connectivity index (χ2n) is 6.91. The number of hydrogen-bond acceptors (Lipinski definition) is 5. The third-order valence-corrected chi connectivity index (χ3v) is 7.36. The Morgan fingerprint density at radius 1 is 1.32 bits per heavy atom. The molecule has 3 rings (SSSR count). The molecule has 1 aliphatic carbocycles. The van der Waals surface area contributed by atoms with Gasteiger partial charge in [0, 0.05) is 25.6 Å². The van der Waals surface area contributed by atoms with Crippen LogP contribution in [0.3, 0.4) is 0 Å². The van der Waals surface area contributed by atoms with Crippen molar-refractivity contribution < 1.29 is 28.2 Å². The first-order chi connectivity index (χ1) is 11.8. The van der Waals surface area contributed by atoms with Gasteiger partial charge in [0.15, 0.2) is 0 Å². The molecule has 2 aliphatic rings. The van der Waals surface area contributed by atoms with E-state index in [4.69, 9.17) is 9.84 Å². The van der Waals surface area contributed by atoms with E-state index in [2.05, 4.69) is 0 Å². The smallest absolute Gasteiger partial charge is 0.339 e. The molecule has 1 aliphatic heterocycles. The quantitative estimate of drug-likeness (QED) is 0.842. The summed E-state index contributed by atoms with van der Waals surface area (Å²) >= 11 is 0. The van der Waals surface area contributed by atoms with Crippen molar-refractivity contribution in [1.29, 1.82) is 0 Å². The molecule has 0 bridgehead atoms. The molecule has 2 atom stereocenters. The van der Waals surface area contributed by atoms with E-state index in [0.717, 1.165) is 44.2 Å². The third-order valence-electron chi connectivity index (χ3n) is 5.52. The predicted molar refractivity (Wildman–Crippen MR) is 90.1 cm³/mol. The van der Waals surface area contributed by atoms with Crippen LogP contribution in [-0.4, -0.2) is 55.2 Å². The first kappa shape index (κ1) is 18.2. The van der Waals surface area contributed by atoms with Crippen LogP contribution in [0.25, 0.3) is 0 Å². The molecule has 138 valence electrons. The molecule has 1 heterocycles. The molecule has 0 radical (unpaired) electrons. The average Bonchev–Trinajstić information content (AvgIpc) is 2.96. The molecule has 1 unspecified atom stereocenters. The van der Waals surface area contributed by atoms with Crippen molar-refractivity contribution in [2.24, 2.45) is 5.41 Å². The van der Waals surface area contributed by atoms with E-state index in [1.54, 1.807) is 7.11 Å². The van der Waals surface area contributed by atoms with Crippen LogP contribution >= 0.6 is 0 Å². The molecule has 1 saturated heterocycles. The number of sulfonamides is 1. The molecule has 8 heteroatoms. The van der Waals surface area contributed by atoms with E-state index in [9.17, 15) is 18.3 Å². The number of ether oxygens (including phenoxy) is 1. The maximum atomic E-state index is 13.0. The number of phenols is 1. The van der Waals surface area contributed by atoms with Gasteiger partial charge in [-0.3, -0.25) is 0 Å². The van der Waals surface area contributed by atoms with Crippen LogP contribution in [-0.2, 0) is 14.8 Å². The van der Waals surface area contributed by atoms with Crippen LogP contribution in [0.4, 0.5) is 0 Å². The van der Waals surface area contributed by atoms with Crippen molar-refractivity contribution in [3.8, 4) is 5.75 Å². The monoisotopic (exact) mass is 369 g/mol. The van der Waals surface area contributed by atoms with Gasteiger partial charge in [0.25, 0.3) is 0 Å². The minimum atomic E-state index is -3.83. The number of carboxylic acid groups (broad SMARTS) is 1. The van der Waals surface area contributed by atoms with Gasteiger partial charge in [0.2, 0.25) is 10.0 Å². The maximum Gasteiger partial charge on any atom is 0.339 e. The van der Waals surface area contributed by atoms with Gasteiger partial charge in [-0.15, -0.1) is 0 Å². The van der Waals surface area contributed by atoms with Crippen molar-refractivity contribution in [2.75, 3.05) is 20.2 Å². The third kappa shape index (κ3) is 3.14. The summed E-state index contributed by atoms with van der Waals surface area (Å²) in [5.74, 6) is -1.81. The predicted octanol–water partition coefficient (Wildman–Crippen LogP) is 2.06. The van der Waals surface area contributed by atoms with Crippen LogP contribution in [0, 0.1) is 5.41 Å². The zero-order valence-corrected chi connectivity index (χ0v) is 15.0. The number of carbonyl (C=O) groups is 1. The Hall–Kier alpha value is -1.64. The summed E-state index contributed by atoms with van der Waals surface area (Å²) in [4.78, 5) is 11.1. The van der Waals surface area contributed by atoms with Crippen molar-refractivity contribution in [3.05, 3.63) is 23.8 Å². The van der Waals surface area contributed by atoms with Gasteiger partial charge in [-0.05, 0) is 43.9 Å². The fraction of sp³-hybridized carbons (Fsp3) is 0.588. The van der Waals surface area contributed by atoms with E-state index >= 15 is 0 Å². The number of hydrogen-bond donors (Lipinski definition) is 2. The number of rotatable bonds is 4. The molecular weight excluding hydrogens is 346 g/mol. The molecular formula is C17H23NO6S. The van der Waals surface area contributed by atoms with Gasteiger partial charge in [0.1, 0.15) is 11.3 Å². The summed E-state index contributed by atoms with van der Waals surface area (Å²) in [6.45, 7) is 0.793. The Morgan fingerprint density at radius 3 is 2.72 bits per heavy atom. The second kappa shape index (κ2) is 6.59. The average molecular weight is 369 g/mol. The highest BCUT2D eigenvalue weighted by atomic mass is 32.2. The first-order valence-corrected chi connectivity index (χ1v) is 9.83. The van der Waals surface area contributed by atoms with Crippen LogP contribution in [0.2, 0.25) is 0 Å². The van der Waals surface area contributed by atoms with E-state index in [0.29, 0.717) is 13.1 Å². The Kier molecular flexibility index (Phi) is 4.78. The number of aromatic carboxylic acids is 1. The number of carboxylic acids is 1. The highest BCUT2D eigenvalue weighted by molar-refractivity contribution is 7.89. The number of piperidine rings is 1. The Morgan fingerprint density at radius 2 is 2.04 bits per heavy atom. The molecule has 2 N–H and O–H groups in total. The molecule has 1 aromatic rings. The van der Waals surface area contributed by atoms with Crippen LogP contribution < -0.4 is 0 Å². The van der Waals surface area contributed by atoms with Gasteiger partial charge in [-0.1, -0.05) is 6.42 Å². The topological polar surface area (TPSA) is 104 Å². The zero-order chi connectivity index (χ0) is 18.2. The zero-order valence-electron chi connectivity index (χ0n) is 14.1. The first-order valence-electron chi connectivity index (χ1n) is 8.39.